The maximum atomic E-state index is 5.98. The molecule has 1 aliphatic carbocycles. The summed E-state index contributed by atoms with van der Waals surface area (Å²) in [5.74, 6) is 2.20. The van der Waals surface area contributed by atoms with Crippen molar-refractivity contribution < 1.29 is 4.74 Å². The molecule has 0 unspecified atom stereocenters. The quantitative estimate of drug-likeness (QED) is 0.650. The average molecular weight is 419 g/mol. The Morgan fingerprint density at radius 2 is 2.00 bits per heavy atom. The molecule has 162 valence electrons. The van der Waals surface area contributed by atoms with Gasteiger partial charge in [-0.25, -0.2) is 4.98 Å². The van der Waals surface area contributed by atoms with Crippen molar-refractivity contribution in [3.05, 3.63) is 72.0 Å². The second-order valence-electron chi connectivity index (χ2n) is 7.84. The first-order valence-electron chi connectivity index (χ1n) is 11.0. The van der Waals surface area contributed by atoms with Gasteiger partial charge < -0.3 is 15.4 Å². The Hall–Kier alpha value is -3.19. The minimum absolute atomic E-state index is 0.555. The molecule has 2 aromatic heterocycles. The van der Waals surface area contributed by atoms with E-state index in [0.29, 0.717) is 5.95 Å². The summed E-state index contributed by atoms with van der Waals surface area (Å²) in [6.45, 7) is 6.08. The SMILES string of the molecule is Cc1cnc(NC2=CC=C(OCCN3CCCCC3)C=CC2)nc1Nc1cccnc1. The van der Waals surface area contributed by atoms with E-state index < -0.39 is 0 Å². The number of pyridine rings is 1. The molecule has 1 saturated heterocycles. The Kier molecular flexibility index (Phi) is 7.28. The lowest BCUT2D eigenvalue weighted by molar-refractivity contribution is 0.148. The molecule has 4 rings (SSSR count). The molecule has 7 heteroatoms. The summed E-state index contributed by atoms with van der Waals surface area (Å²) in [6.07, 6.45) is 18.2. The summed E-state index contributed by atoms with van der Waals surface area (Å²) in [5, 5.41) is 6.62. The highest BCUT2D eigenvalue weighted by Crippen LogP contribution is 2.20. The van der Waals surface area contributed by atoms with Crippen LogP contribution in [0.1, 0.15) is 31.2 Å². The molecule has 0 bridgehead atoms. The molecule has 0 radical (unpaired) electrons. The smallest absolute Gasteiger partial charge is 0.228 e. The summed E-state index contributed by atoms with van der Waals surface area (Å²) >= 11 is 0. The maximum Gasteiger partial charge on any atom is 0.228 e. The minimum Gasteiger partial charge on any atom is -0.492 e. The van der Waals surface area contributed by atoms with Crippen molar-refractivity contribution in [1.82, 2.24) is 19.9 Å². The summed E-state index contributed by atoms with van der Waals surface area (Å²) in [7, 11) is 0. The molecular formula is C24H30N6O. The standard InChI is InChI=1S/C24H30N6O/c1-19-17-26-24(29-23(19)27-21-8-6-12-25-18-21)28-20-7-5-9-22(11-10-20)31-16-15-30-13-3-2-4-14-30/h5-6,8-12,17-18H,2-4,7,13-16H2,1H3,(H2,26,27,28,29). The van der Waals surface area contributed by atoms with Crippen LogP contribution in [-0.2, 0) is 4.74 Å². The van der Waals surface area contributed by atoms with E-state index in [-0.39, 0.29) is 0 Å². The first-order valence-corrected chi connectivity index (χ1v) is 11.0. The number of rotatable bonds is 8. The van der Waals surface area contributed by atoms with Crippen LogP contribution in [0, 0.1) is 6.92 Å². The topological polar surface area (TPSA) is 75.2 Å². The van der Waals surface area contributed by atoms with Crippen LogP contribution in [0.2, 0.25) is 0 Å². The number of likely N-dealkylation sites (tertiary alicyclic amines) is 1. The van der Waals surface area contributed by atoms with Gasteiger partial charge in [0.2, 0.25) is 5.95 Å². The molecule has 31 heavy (non-hydrogen) atoms. The van der Waals surface area contributed by atoms with Crippen LogP contribution < -0.4 is 10.6 Å². The Bertz CT molecular complexity index is 948. The molecule has 0 saturated carbocycles. The van der Waals surface area contributed by atoms with E-state index in [9.17, 15) is 0 Å². The van der Waals surface area contributed by atoms with E-state index in [0.717, 1.165) is 48.1 Å². The highest BCUT2D eigenvalue weighted by molar-refractivity contribution is 5.59. The highest BCUT2D eigenvalue weighted by atomic mass is 16.5. The number of aromatic nitrogens is 3. The summed E-state index contributed by atoms with van der Waals surface area (Å²) in [6, 6.07) is 3.84. The molecule has 0 spiro atoms. The molecular weight excluding hydrogens is 388 g/mol. The first-order chi connectivity index (χ1) is 15.3. The zero-order chi connectivity index (χ0) is 21.3. The number of allylic oxidation sites excluding steroid dienone is 4. The van der Waals surface area contributed by atoms with Crippen LogP contribution in [0.4, 0.5) is 17.5 Å². The fraction of sp³-hybridized carbons (Fsp3) is 0.375. The molecule has 7 nitrogen and oxygen atoms in total. The van der Waals surface area contributed by atoms with Crippen LogP contribution in [0.5, 0.6) is 0 Å². The molecule has 3 heterocycles. The van der Waals surface area contributed by atoms with Gasteiger partial charge in [-0.1, -0.05) is 12.5 Å². The third-order valence-electron chi connectivity index (χ3n) is 5.36. The van der Waals surface area contributed by atoms with Crippen LogP contribution >= 0.6 is 0 Å². The van der Waals surface area contributed by atoms with Gasteiger partial charge >= 0.3 is 0 Å². The molecule has 1 aliphatic heterocycles. The van der Waals surface area contributed by atoms with Crippen LogP contribution in [0.15, 0.2) is 66.5 Å². The Labute approximate surface area is 184 Å². The third kappa shape index (κ3) is 6.39. The van der Waals surface area contributed by atoms with Crippen molar-refractivity contribution >= 4 is 17.5 Å². The van der Waals surface area contributed by atoms with Gasteiger partial charge in [0.15, 0.2) is 0 Å². The van der Waals surface area contributed by atoms with Gasteiger partial charge in [-0.05, 0) is 63.2 Å². The van der Waals surface area contributed by atoms with Crippen molar-refractivity contribution in [1.29, 1.82) is 0 Å². The second-order valence-corrected chi connectivity index (χ2v) is 7.84. The molecule has 2 aliphatic rings. The number of ether oxygens (including phenoxy) is 1. The van der Waals surface area contributed by atoms with Crippen LogP contribution in [0.25, 0.3) is 0 Å². The van der Waals surface area contributed by atoms with E-state index in [1.807, 2.05) is 43.5 Å². The van der Waals surface area contributed by atoms with Crippen molar-refractivity contribution in [3.8, 4) is 0 Å². The second kappa shape index (κ2) is 10.7. The minimum atomic E-state index is 0.555. The van der Waals surface area contributed by atoms with E-state index in [1.165, 1.54) is 32.4 Å². The molecule has 1 fully saturated rings. The Morgan fingerprint density at radius 3 is 2.84 bits per heavy atom. The van der Waals surface area contributed by atoms with Crippen molar-refractivity contribution in [2.75, 3.05) is 36.9 Å². The maximum absolute atomic E-state index is 5.98. The van der Waals surface area contributed by atoms with E-state index in [2.05, 4.69) is 36.6 Å². The van der Waals surface area contributed by atoms with Gasteiger partial charge in [0.1, 0.15) is 18.2 Å². The summed E-state index contributed by atoms with van der Waals surface area (Å²) < 4.78 is 5.98. The van der Waals surface area contributed by atoms with Gasteiger partial charge in [0, 0.05) is 36.6 Å². The van der Waals surface area contributed by atoms with Crippen molar-refractivity contribution in [3.63, 3.8) is 0 Å². The number of nitrogens with one attached hydrogen (secondary N) is 2. The molecule has 0 aromatic carbocycles. The van der Waals surface area contributed by atoms with E-state index in [1.54, 1.807) is 12.4 Å². The van der Waals surface area contributed by atoms with Crippen LogP contribution in [-0.4, -0.2) is 46.1 Å². The lowest BCUT2D eigenvalue weighted by Gasteiger charge is -2.26. The van der Waals surface area contributed by atoms with Crippen molar-refractivity contribution in [2.45, 2.75) is 32.6 Å². The predicted octanol–water partition coefficient (Wildman–Crippen LogP) is 4.57. The van der Waals surface area contributed by atoms with E-state index >= 15 is 0 Å². The normalized spacial score (nSPS) is 16.8. The largest absolute Gasteiger partial charge is 0.492 e. The number of aryl methyl sites for hydroxylation is 1. The van der Waals surface area contributed by atoms with Crippen LogP contribution in [0.3, 0.4) is 0 Å². The zero-order valence-electron chi connectivity index (χ0n) is 18.1. The Balaban J connectivity index is 1.34. The summed E-state index contributed by atoms with van der Waals surface area (Å²) in [5.41, 5.74) is 2.87. The average Bonchev–Trinajstić information content (AvgIpc) is 3.03. The Morgan fingerprint density at radius 1 is 1.10 bits per heavy atom. The zero-order valence-corrected chi connectivity index (χ0v) is 18.1. The number of piperidine rings is 1. The van der Waals surface area contributed by atoms with E-state index in [4.69, 9.17) is 4.74 Å². The van der Waals surface area contributed by atoms with Gasteiger partial charge in [-0.3, -0.25) is 9.88 Å². The van der Waals surface area contributed by atoms with Gasteiger partial charge in [0.25, 0.3) is 0 Å². The number of hydrogen-bond donors (Lipinski definition) is 2. The van der Waals surface area contributed by atoms with Gasteiger partial charge in [0.05, 0.1) is 11.9 Å². The summed E-state index contributed by atoms with van der Waals surface area (Å²) in [4.78, 5) is 15.7. The van der Waals surface area contributed by atoms with Gasteiger partial charge in [-0.15, -0.1) is 0 Å². The third-order valence-corrected chi connectivity index (χ3v) is 5.36. The monoisotopic (exact) mass is 418 g/mol. The molecule has 0 atom stereocenters. The molecule has 2 N–H and O–H groups in total. The fourth-order valence-corrected chi connectivity index (χ4v) is 3.62. The molecule has 2 aromatic rings. The highest BCUT2D eigenvalue weighted by Gasteiger charge is 2.10. The fourth-order valence-electron chi connectivity index (χ4n) is 3.62. The first kappa shape index (κ1) is 21.1. The lowest BCUT2D eigenvalue weighted by atomic mass is 10.1. The number of nitrogens with zero attached hydrogens (tertiary/aromatic N) is 4. The van der Waals surface area contributed by atoms with Gasteiger partial charge in [-0.2, -0.15) is 4.98 Å². The lowest BCUT2D eigenvalue weighted by Crippen LogP contribution is -2.32. The predicted molar refractivity (Wildman–Crippen MR) is 124 cm³/mol. The van der Waals surface area contributed by atoms with Crippen molar-refractivity contribution in [2.24, 2.45) is 0 Å². The number of anilines is 3. The number of hydrogen-bond acceptors (Lipinski definition) is 7. The molecule has 0 amide bonds.